The molecule has 270 valence electrons. The number of guanidine groups is 1. The highest BCUT2D eigenvalue weighted by molar-refractivity contribution is 6.02. The first kappa shape index (κ1) is 40.4. The quantitative estimate of drug-likeness (QED) is 0.0750. The number of anilines is 1. The summed E-state index contributed by atoms with van der Waals surface area (Å²) in [7, 11) is 0. The lowest BCUT2D eigenvalue weighted by Gasteiger charge is -2.22. The van der Waals surface area contributed by atoms with Gasteiger partial charge in [-0.25, -0.2) is 19.4 Å². The standard InChI is InChI=1S/C36H53N5O8/c1-34(2,3)47-31(43)37-24-14-12-10-11-13-15-29(42)38-25-16-20-27(21-17-25)46-28-22-18-26(19-23-28)39-30(40-32(44)48-35(4,5)6)41-33(45)49-36(7,8)9/h16-23H,10-15,24H2,1-9H3,(H,37,43)(H,38,42)(H2,39,40,41,44,45). The molecule has 0 saturated carbocycles. The third kappa shape index (κ3) is 19.6. The van der Waals surface area contributed by atoms with Gasteiger partial charge in [-0.2, -0.15) is 0 Å². The van der Waals surface area contributed by atoms with E-state index in [1.165, 1.54) is 0 Å². The van der Waals surface area contributed by atoms with Crippen LogP contribution in [-0.4, -0.2) is 53.5 Å². The van der Waals surface area contributed by atoms with Crippen LogP contribution < -0.4 is 26.0 Å². The smallest absolute Gasteiger partial charge is 0.414 e. The number of amides is 4. The van der Waals surface area contributed by atoms with Crippen LogP contribution in [0.4, 0.5) is 25.8 Å². The van der Waals surface area contributed by atoms with Gasteiger partial charge in [0, 0.05) is 18.7 Å². The molecule has 0 aliphatic carbocycles. The lowest BCUT2D eigenvalue weighted by atomic mass is 10.1. The average molecular weight is 684 g/mol. The Balaban J connectivity index is 1.82. The van der Waals surface area contributed by atoms with Crippen molar-refractivity contribution in [3.05, 3.63) is 48.5 Å². The number of hydrogen-bond donors (Lipinski definition) is 4. The molecule has 0 atom stereocenters. The normalized spacial score (nSPS) is 11.4. The topological polar surface area (TPSA) is 166 Å². The number of carbonyl (C=O) groups excluding carboxylic acids is 4. The minimum Gasteiger partial charge on any atom is -0.457 e. The Kier molecular flexibility index (Phi) is 15.4. The van der Waals surface area contributed by atoms with Crippen LogP contribution in [0.1, 0.15) is 101 Å². The third-order valence-corrected chi connectivity index (χ3v) is 5.94. The second-order valence-electron chi connectivity index (χ2n) is 14.3. The van der Waals surface area contributed by atoms with Crippen molar-refractivity contribution >= 4 is 41.5 Å². The Morgan fingerprint density at radius 3 is 1.55 bits per heavy atom. The SMILES string of the molecule is CC(C)(C)OC(=O)NCCCCCCCC(=O)Nc1ccc(Oc2ccc(N=C(NC(=O)OC(C)(C)C)NC(=O)OC(C)(C)C)cc2)cc1. The summed E-state index contributed by atoms with van der Waals surface area (Å²) in [6.07, 6.45) is 2.95. The fourth-order valence-electron chi connectivity index (χ4n) is 4.02. The van der Waals surface area contributed by atoms with Gasteiger partial charge in [0.2, 0.25) is 11.9 Å². The van der Waals surface area contributed by atoms with Gasteiger partial charge >= 0.3 is 18.3 Å². The highest BCUT2D eigenvalue weighted by Gasteiger charge is 2.21. The zero-order valence-corrected chi connectivity index (χ0v) is 30.3. The van der Waals surface area contributed by atoms with Crippen molar-refractivity contribution in [3.63, 3.8) is 0 Å². The molecule has 2 aromatic carbocycles. The Hall–Kier alpha value is -4.81. The number of ether oxygens (including phenoxy) is 4. The minimum atomic E-state index is -0.792. The maximum absolute atomic E-state index is 12.4. The van der Waals surface area contributed by atoms with Gasteiger partial charge in [0.25, 0.3) is 0 Å². The fourth-order valence-corrected chi connectivity index (χ4v) is 4.02. The summed E-state index contributed by atoms with van der Waals surface area (Å²) in [5.41, 5.74) is -0.929. The van der Waals surface area contributed by atoms with Gasteiger partial charge in [0.1, 0.15) is 28.3 Å². The summed E-state index contributed by atoms with van der Waals surface area (Å²) in [5, 5.41) is 10.5. The van der Waals surface area contributed by atoms with Crippen molar-refractivity contribution in [2.45, 2.75) is 118 Å². The Morgan fingerprint density at radius 2 is 1.04 bits per heavy atom. The molecule has 13 nitrogen and oxygen atoms in total. The number of unbranched alkanes of at least 4 members (excludes halogenated alkanes) is 4. The lowest BCUT2D eigenvalue weighted by Crippen LogP contribution is -2.47. The molecule has 0 saturated heterocycles. The van der Waals surface area contributed by atoms with Crippen molar-refractivity contribution in [2.75, 3.05) is 11.9 Å². The van der Waals surface area contributed by atoms with Gasteiger partial charge in [-0.1, -0.05) is 19.3 Å². The van der Waals surface area contributed by atoms with E-state index in [0.29, 0.717) is 35.8 Å². The molecule has 0 radical (unpaired) electrons. The van der Waals surface area contributed by atoms with E-state index in [1.54, 1.807) is 90.1 Å². The van der Waals surface area contributed by atoms with Gasteiger partial charge in [-0.15, -0.1) is 0 Å². The highest BCUT2D eigenvalue weighted by atomic mass is 16.6. The van der Waals surface area contributed by atoms with Crippen LogP contribution in [0, 0.1) is 0 Å². The van der Waals surface area contributed by atoms with Crippen LogP contribution in [0.25, 0.3) is 0 Å². The highest BCUT2D eigenvalue weighted by Crippen LogP contribution is 2.25. The largest absolute Gasteiger partial charge is 0.457 e. The van der Waals surface area contributed by atoms with E-state index in [-0.39, 0.29) is 11.9 Å². The number of aliphatic imine (C=N–C) groups is 1. The first-order valence-corrected chi connectivity index (χ1v) is 16.5. The van der Waals surface area contributed by atoms with E-state index >= 15 is 0 Å². The molecular formula is C36H53N5O8. The minimum absolute atomic E-state index is 0.0573. The van der Waals surface area contributed by atoms with E-state index in [1.807, 2.05) is 20.8 Å². The number of carbonyl (C=O) groups is 4. The van der Waals surface area contributed by atoms with Crippen LogP contribution >= 0.6 is 0 Å². The van der Waals surface area contributed by atoms with E-state index in [9.17, 15) is 19.2 Å². The molecule has 0 fully saturated rings. The van der Waals surface area contributed by atoms with Crippen molar-refractivity contribution < 1.29 is 38.1 Å². The molecule has 4 amide bonds. The number of alkyl carbamates (subject to hydrolysis) is 3. The van der Waals surface area contributed by atoms with Crippen LogP contribution in [-0.2, 0) is 19.0 Å². The maximum atomic E-state index is 12.4. The summed E-state index contributed by atoms with van der Waals surface area (Å²) in [6.45, 7) is 16.4. The van der Waals surface area contributed by atoms with Crippen molar-refractivity contribution in [1.29, 1.82) is 0 Å². The zero-order chi connectivity index (χ0) is 36.7. The first-order chi connectivity index (χ1) is 22.8. The maximum Gasteiger partial charge on any atom is 0.414 e. The summed E-state index contributed by atoms with van der Waals surface area (Å²) in [6, 6.07) is 13.7. The molecular weight excluding hydrogens is 630 g/mol. The fraction of sp³-hybridized carbons (Fsp3) is 0.528. The first-order valence-electron chi connectivity index (χ1n) is 16.5. The lowest BCUT2D eigenvalue weighted by molar-refractivity contribution is -0.116. The number of rotatable bonds is 12. The number of nitrogens with one attached hydrogen (secondary N) is 4. The molecule has 0 spiro atoms. The van der Waals surface area contributed by atoms with Gasteiger partial charge in [0.05, 0.1) is 5.69 Å². The van der Waals surface area contributed by atoms with Crippen molar-refractivity contribution in [1.82, 2.24) is 16.0 Å². The molecule has 0 aliphatic heterocycles. The number of nitrogens with zero attached hydrogens (tertiary/aromatic N) is 1. The van der Waals surface area contributed by atoms with Gasteiger partial charge < -0.3 is 29.6 Å². The van der Waals surface area contributed by atoms with Gasteiger partial charge in [-0.3, -0.25) is 15.4 Å². The molecule has 0 bridgehead atoms. The third-order valence-electron chi connectivity index (χ3n) is 5.94. The second-order valence-corrected chi connectivity index (χ2v) is 14.3. The molecule has 2 aromatic rings. The van der Waals surface area contributed by atoms with Crippen LogP contribution in [0.5, 0.6) is 11.5 Å². The van der Waals surface area contributed by atoms with Gasteiger partial charge in [0.15, 0.2) is 0 Å². The molecule has 0 aromatic heterocycles. The molecule has 49 heavy (non-hydrogen) atoms. The summed E-state index contributed by atoms with van der Waals surface area (Å²) in [5.74, 6) is 0.866. The Labute approximate surface area is 289 Å². The molecule has 0 heterocycles. The van der Waals surface area contributed by atoms with E-state index in [4.69, 9.17) is 18.9 Å². The number of hydrogen-bond acceptors (Lipinski definition) is 9. The van der Waals surface area contributed by atoms with Crippen molar-refractivity contribution in [3.8, 4) is 11.5 Å². The van der Waals surface area contributed by atoms with E-state index < -0.39 is 35.1 Å². The van der Waals surface area contributed by atoms with Crippen molar-refractivity contribution in [2.24, 2.45) is 4.99 Å². The molecule has 13 heteroatoms. The van der Waals surface area contributed by atoms with E-state index in [0.717, 1.165) is 32.1 Å². The van der Waals surface area contributed by atoms with Crippen LogP contribution in [0.3, 0.4) is 0 Å². The average Bonchev–Trinajstić information content (AvgIpc) is 2.93. The Morgan fingerprint density at radius 1 is 0.592 bits per heavy atom. The molecule has 0 unspecified atom stereocenters. The van der Waals surface area contributed by atoms with Gasteiger partial charge in [-0.05, 0) is 124 Å². The summed E-state index contributed by atoms with van der Waals surface area (Å²) < 4.78 is 21.7. The second kappa shape index (κ2) is 18.7. The molecule has 2 rings (SSSR count). The summed E-state index contributed by atoms with van der Waals surface area (Å²) in [4.78, 5) is 53.1. The predicted molar refractivity (Wildman–Crippen MR) is 189 cm³/mol. The van der Waals surface area contributed by atoms with E-state index in [2.05, 4.69) is 26.3 Å². The van der Waals surface area contributed by atoms with Crippen LogP contribution in [0.2, 0.25) is 0 Å². The Bertz CT molecular complexity index is 1370. The monoisotopic (exact) mass is 683 g/mol. The zero-order valence-electron chi connectivity index (χ0n) is 30.3. The van der Waals surface area contributed by atoms with Crippen LogP contribution in [0.15, 0.2) is 53.5 Å². The summed E-state index contributed by atoms with van der Waals surface area (Å²) >= 11 is 0. The predicted octanol–water partition coefficient (Wildman–Crippen LogP) is 8.32. The molecule has 4 N–H and O–H groups in total. The molecule has 0 aliphatic rings. The number of benzene rings is 2.